The summed E-state index contributed by atoms with van der Waals surface area (Å²) in [6, 6.07) is 7.79. The second-order valence-electron chi connectivity index (χ2n) is 4.29. The van der Waals surface area contributed by atoms with Gasteiger partial charge in [-0.15, -0.1) is 0 Å². The summed E-state index contributed by atoms with van der Waals surface area (Å²) in [6.07, 6.45) is 0.512. The molecule has 0 saturated heterocycles. The summed E-state index contributed by atoms with van der Waals surface area (Å²) in [7, 11) is 1.65. The zero-order valence-electron chi connectivity index (χ0n) is 11.5. The van der Waals surface area contributed by atoms with Crippen LogP contribution in [-0.2, 0) is 14.3 Å². The number of thioether (sulfide) groups is 1. The van der Waals surface area contributed by atoms with Crippen LogP contribution in [0, 0.1) is 0 Å². The Balaban J connectivity index is 1.73. The zero-order chi connectivity index (χ0) is 14.2. The van der Waals surface area contributed by atoms with Crippen LogP contribution in [-0.4, -0.2) is 38.7 Å². The van der Waals surface area contributed by atoms with E-state index in [1.807, 2.05) is 29.7 Å². The van der Waals surface area contributed by atoms with Gasteiger partial charge in [0.05, 0.1) is 19.8 Å². The molecular formula is C15H18O4S. The molecule has 20 heavy (non-hydrogen) atoms. The number of carbonyl (C=O) groups is 1. The third kappa shape index (κ3) is 4.67. The molecule has 0 bridgehead atoms. The van der Waals surface area contributed by atoms with Crippen molar-refractivity contribution in [2.75, 3.05) is 33.5 Å². The lowest BCUT2D eigenvalue weighted by atomic mass is 10.1. The predicted octanol–water partition coefficient (Wildman–Crippen LogP) is 2.73. The van der Waals surface area contributed by atoms with E-state index in [0.717, 1.165) is 16.9 Å². The van der Waals surface area contributed by atoms with E-state index in [-0.39, 0.29) is 5.12 Å². The number of benzene rings is 1. The summed E-state index contributed by atoms with van der Waals surface area (Å²) < 4.78 is 15.8. The van der Waals surface area contributed by atoms with E-state index in [0.29, 0.717) is 32.8 Å². The van der Waals surface area contributed by atoms with Gasteiger partial charge >= 0.3 is 0 Å². The van der Waals surface area contributed by atoms with Gasteiger partial charge in [0.15, 0.2) is 5.12 Å². The van der Waals surface area contributed by atoms with Crippen molar-refractivity contribution in [2.24, 2.45) is 0 Å². The van der Waals surface area contributed by atoms with Gasteiger partial charge in [0.2, 0.25) is 0 Å². The average molecular weight is 294 g/mol. The van der Waals surface area contributed by atoms with E-state index >= 15 is 0 Å². The summed E-state index contributed by atoms with van der Waals surface area (Å²) in [6.45, 7) is 2.24. The molecule has 2 rings (SSSR count). The van der Waals surface area contributed by atoms with Crippen molar-refractivity contribution < 1.29 is 19.0 Å². The molecule has 0 spiro atoms. The SMILES string of the molecule is COCCOCCOc1ccc(C2=CSC(=O)C2)cc1. The Bertz CT molecular complexity index is 467. The summed E-state index contributed by atoms with van der Waals surface area (Å²) in [4.78, 5) is 11.2. The molecule has 1 heterocycles. The van der Waals surface area contributed by atoms with Gasteiger partial charge < -0.3 is 14.2 Å². The zero-order valence-corrected chi connectivity index (χ0v) is 12.3. The molecule has 1 aromatic carbocycles. The van der Waals surface area contributed by atoms with E-state index in [1.54, 1.807) is 7.11 Å². The quantitative estimate of drug-likeness (QED) is 0.690. The number of hydrogen-bond donors (Lipinski definition) is 0. The highest BCUT2D eigenvalue weighted by Gasteiger charge is 2.15. The number of ether oxygens (including phenoxy) is 3. The normalized spacial score (nSPS) is 14.4. The Kier molecular flexibility index (Phi) is 6.11. The van der Waals surface area contributed by atoms with Gasteiger partial charge in [0.1, 0.15) is 12.4 Å². The maximum atomic E-state index is 11.2. The van der Waals surface area contributed by atoms with Gasteiger partial charge in [-0.2, -0.15) is 0 Å². The van der Waals surface area contributed by atoms with Crippen molar-refractivity contribution in [3.63, 3.8) is 0 Å². The minimum Gasteiger partial charge on any atom is -0.491 e. The first-order valence-corrected chi connectivity index (χ1v) is 7.36. The van der Waals surface area contributed by atoms with Crippen LogP contribution in [0.5, 0.6) is 5.75 Å². The number of rotatable bonds is 8. The Morgan fingerprint density at radius 2 is 1.85 bits per heavy atom. The first-order valence-electron chi connectivity index (χ1n) is 6.48. The van der Waals surface area contributed by atoms with E-state index in [4.69, 9.17) is 14.2 Å². The Labute approximate surface area is 123 Å². The highest BCUT2D eigenvalue weighted by Crippen LogP contribution is 2.32. The molecule has 4 nitrogen and oxygen atoms in total. The first-order chi connectivity index (χ1) is 9.79. The van der Waals surface area contributed by atoms with Gasteiger partial charge in [0, 0.05) is 13.5 Å². The average Bonchev–Trinajstić information content (AvgIpc) is 2.90. The Morgan fingerprint density at radius 3 is 2.50 bits per heavy atom. The van der Waals surface area contributed by atoms with Crippen LogP contribution < -0.4 is 4.74 Å². The third-order valence-electron chi connectivity index (χ3n) is 2.82. The smallest absolute Gasteiger partial charge is 0.197 e. The highest BCUT2D eigenvalue weighted by atomic mass is 32.2. The maximum Gasteiger partial charge on any atom is 0.197 e. The molecule has 0 radical (unpaired) electrons. The Hall–Kier alpha value is -1.30. The fourth-order valence-corrected chi connectivity index (χ4v) is 2.51. The standard InChI is InChI=1S/C15H18O4S/c1-17-6-7-18-8-9-19-14-4-2-12(3-5-14)13-10-15(16)20-11-13/h2-5,11H,6-10H2,1H3. The molecule has 0 unspecified atom stereocenters. The highest BCUT2D eigenvalue weighted by molar-refractivity contribution is 8.16. The molecule has 108 valence electrons. The van der Waals surface area contributed by atoms with Crippen LogP contribution in [0.2, 0.25) is 0 Å². The van der Waals surface area contributed by atoms with Crippen molar-refractivity contribution >= 4 is 22.5 Å². The Morgan fingerprint density at radius 1 is 1.10 bits per heavy atom. The topological polar surface area (TPSA) is 44.8 Å². The predicted molar refractivity (Wildman–Crippen MR) is 79.8 cm³/mol. The van der Waals surface area contributed by atoms with Crippen LogP contribution in [0.25, 0.3) is 5.57 Å². The summed E-state index contributed by atoms with van der Waals surface area (Å²) in [5, 5.41) is 2.12. The number of methoxy groups -OCH3 is 1. The number of hydrogen-bond acceptors (Lipinski definition) is 5. The van der Waals surface area contributed by atoms with Gasteiger partial charge in [-0.3, -0.25) is 4.79 Å². The monoisotopic (exact) mass is 294 g/mol. The van der Waals surface area contributed by atoms with E-state index in [9.17, 15) is 4.79 Å². The van der Waals surface area contributed by atoms with Crippen molar-refractivity contribution in [3.05, 3.63) is 35.2 Å². The minimum absolute atomic E-state index is 0.202. The summed E-state index contributed by atoms with van der Waals surface area (Å²) >= 11 is 1.27. The van der Waals surface area contributed by atoms with E-state index in [1.165, 1.54) is 11.8 Å². The molecule has 0 atom stereocenters. The van der Waals surface area contributed by atoms with Gasteiger partial charge in [-0.25, -0.2) is 0 Å². The van der Waals surface area contributed by atoms with E-state index < -0.39 is 0 Å². The lowest BCUT2D eigenvalue weighted by Crippen LogP contribution is -2.09. The molecular weight excluding hydrogens is 276 g/mol. The van der Waals surface area contributed by atoms with Crippen LogP contribution >= 0.6 is 11.8 Å². The number of carbonyl (C=O) groups excluding carboxylic acids is 1. The van der Waals surface area contributed by atoms with Gasteiger partial charge in [-0.05, 0) is 28.7 Å². The van der Waals surface area contributed by atoms with Crippen LogP contribution in [0.4, 0.5) is 0 Å². The molecule has 0 aliphatic carbocycles. The molecule has 0 aromatic heterocycles. The summed E-state index contributed by atoms with van der Waals surface area (Å²) in [5.74, 6) is 0.807. The minimum atomic E-state index is 0.202. The maximum absolute atomic E-state index is 11.2. The fourth-order valence-electron chi connectivity index (χ4n) is 1.77. The van der Waals surface area contributed by atoms with Gasteiger partial charge in [0.25, 0.3) is 0 Å². The third-order valence-corrected chi connectivity index (χ3v) is 3.63. The number of allylic oxidation sites excluding steroid dienone is 1. The first kappa shape index (κ1) is 15.1. The van der Waals surface area contributed by atoms with Gasteiger partial charge in [-0.1, -0.05) is 23.9 Å². The molecule has 0 N–H and O–H groups in total. The van der Waals surface area contributed by atoms with Crippen molar-refractivity contribution in [1.29, 1.82) is 0 Å². The molecule has 0 fully saturated rings. The molecule has 0 saturated carbocycles. The lowest BCUT2D eigenvalue weighted by molar-refractivity contribution is -0.109. The van der Waals surface area contributed by atoms with Crippen molar-refractivity contribution in [2.45, 2.75) is 6.42 Å². The van der Waals surface area contributed by atoms with Crippen LogP contribution in [0.15, 0.2) is 29.7 Å². The molecule has 1 aromatic rings. The second kappa shape index (κ2) is 8.09. The van der Waals surface area contributed by atoms with Crippen LogP contribution in [0.3, 0.4) is 0 Å². The molecule has 1 aliphatic rings. The molecule has 5 heteroatoms. The molecule has 0 amide bonds. The van der Waals surface area contributed by atoms with Crippen LogP contribution in [0.1, 0.15) is 12.0 Å². The van der Waals surface area contributed by atoms with E-state index in [2.05, 4.69) is 0 Å². The van der Waals surface area contributed by atoms with Crippen molar-refractivity contribution in [3.8, 4) is 5.75 Å². The van der Waals surface area contributed by atoms with Crippen molar-refractivity contribution in [1.82, 2.24) is 0 Å². The molecule has 1 aliphatic heterocycles. The second-order valence-corrected chi connectivity index (χ2v) is 5.21. The lowest BCUT2D eigenvalue weighted by Gasteiger charge is -2.08. The summed E-state index contributed by atoms with van der Waals surface area (Å²) in [5.41, 5.74) is 2.15. The fraction of sp³-hybridized carbons (Fsp3) is 0.400. The largest absolute Gasteiger partial charge is 0.491 e.